The van der Waals surface area contributed by atoms with Gasteiger partial charge in [0.1, 0.15) is 0 Å². The molecular weight excluding hydrogens is 408 g/mol. The predicted octanol–water partition coefficient (Wildman–Crippen LogP) is 9.53. The zero-order valence-corrected chi connectivity index (χ0v) is 19.9. The van der Waals surface area contributed by atoms with Crippen LogP contribution in [0, 0.1) is 0 Å². The molecule has 0 unspecified atom stereocenters. The van der Waals surface area contributed by atoms with Crippen molar-refractivity contribution in [1.82, 2.24) is 0 Å². The van der Waals surface area contributed by atoms with Gasteiger partial charge in [-0.1, -0.05) is 111 Å². The third-order valence-electron chi connectivity index (χ3n) is 7.25. The summed E-state index contributed by atoms with van der Waals surface area (Å²) in [6, 6.07) is 31.6. The smallest absolute Gasteiger partial charge is 0.00194 e. The minimum absolute atomic E-state index is 1.01. The Hall–Kier alpha value is -3.64. The summed E-state index contributed by atoms with van der Waals surface area (Å²) >= 11 is 0. The lowest BCUT2D eigenvalue weighted by Gasteiger charge is -2.09. The molecule has 34 heavy (non-hydrogen) atoms. The molecule has 0 aromatic heterocycles. The number of benzene rings is 5. The SMILES string of the molecule is CCCCCc1cccc(/C=C/C2=Cc3c(ccc4c3ccc3cc5ccccc5cc34)C2)c1. The molecular formula is C34H30. The van der Waals surface area contributed by atoms with Crippen LogP contribution in [0.1, 0.15) is 48.4 Å². The number of unbranched alkanes of at least 4 members (excludes halogenated alkanes) is 2. The van der Waals surface area contributed by atoms with E-state index in [0.717, 1.165) is 6.42 Å². The van der Waals surface area contributed by atoms with E-state index in [9.17, 15) is 0 Å². The Morgan fingerprint density at radius 3 is 2.41 bits per heavy atom. The third kappa shape index (κ3) is 3.94. The topological polar surface area (TPSA) is 0 Å². The van der Waals surface area contributed by atoms with E-state index in [4.69, 9.17) is 0 Å². The van der Waals surface area contributed by atoms with Gasteiger partial charge < -0.3 is 0 Å². The summed E-state index contributed by atoms with van der Waals surface area (Å²) in [6.07, 6.45) is 13.0. The summed E-state index contributed by atoms with van der Waals surface area (Å²) in [4.78, 5) is 0. The van der Waals surface area contributed by atoms with E-state index in [2.05, 4.69) is 110 Å². The maximum absolute atomic E-state index is 2.39. The molecule has 6 rings (SSSR count). The first kappa shape index (κ1) is 20.9. The molecule has 0 fully saturated rings. The molecule has 0 atom stereocenters. The largest absolute Gasteiger partial charge is 0.0654 e. The molecule has 0 saturated carbocycles. The van der Waals surface area contributed by atoms with E-state index in [0.29, 0.717) is 0 Å². The highest BCUT2D eigenvalue weighted by atomic mass is 14.2. The Labute approximate surface area is 202 Å². The van der Waals surface area contributed by atoms with E-state index in [1.807, 2.05) is 0 Å². The molecule has 0 radical (unpaired) electrons. The van der Waals surface area contributed by atoms with Crippen LogP contribution in [0.4, 0.5) is 0 Å². The molecule has 0 nitrogen and oxygen atoms in total. The van der Waals surface area contributed by atoms with Gasteiger partial charge in [0.25, 0.3) is 0 Å². The van der Waals surface area contributed by atoms with Crippen molar-refractivity contribution < 1.29 is 0 Å². The maximum atomic E-state index is 2.39. The van der Waals surface area contributed by atoms with Crippen LogP contribution in [0.15, 0.2) is 96.6 Å². The molecule has 0 aliphatic heterocycles. The molecule has 0 heterocycles. The monoisotopic (exact) mass is 438 g/mol. The van der Waals surface area contributed by atoms with Crippen LogP contribution in [0.3, 0.4) is 0 Å². The highest BCUT2D eigenvalue weighted by Crippen LogP contribution is 2.37. The van der Waals surface area contributed by atoms with E-state index in [1.54, 1.807) is 0 Å². The Morgan fingerprint density at radius 2 is 1.53 bits per heavy atom. The molecule has 0 saturated heterocycles. The minimum Gasteiger partial charge on any atom is -0.0654 e. The van der Waals surface area contributed by atoms with Gasteiger partial charge in [0, 0.05) is 0 Å². The minimum atomic E-state index is 1.01. The average Bonchev–Trinajstić information content (AvgIpc) is 3.30. The first-order valence-electron chi connectivity index (χ1n) is 12.6. The van der Waals surface area contributed by atoms with Crippen molar-refractivity contribution in [3.05, 3.63) is 119 Å². The lowest BCUT2D eigenvalue weighted by Crippen LogP contribution is -1.87. The molecule has 166 valence electrons. The number of aryl methyl sites for hydroxylation is 1. The third-order valence-corrected chi connectivity index (χ3v) is 7.25. The van der Waals surface area contributed by atoms with E-state index in [1.165, 1.54) is 85.8 Å². The summed E-state index contributed by atoms with van der Waals surface area (Å²) in [6.45, 7) is 2.26. The van der Waals surface area contributed by atoms with E-state index >= 15 is 0 Å². The molecule has 0 bridgehead atoms. The van der Waals surface area contributed by atoms with Crippen LogP contribution >= 0.6 is 0 Å². The van der Waals surface area contributed by atoms with Gasteiger partial charge in [0.05, 0.1) is 0 Å². The molecule has 5 aromatic carbocycles. The van der Waals surface area contributed by atoms with Crippen molar-refractivity contribution in [2.45, 2.75) is 39.0 Å². The summed E-state index contributed by atoms with van der Waals surface area (Å²) in [5.74, 6) is 0. The molecule has 1 aliphatic rings. The molecule has 0 amide bonds. The van der Waals surface area contributed by atoms with Crippen molar-refractivity contribution in [2.24, 2.45) is 0 Å². The highest BCUT2D eigenvalue weighted by molar-refractivity contribution is 6.14. The summed E-state index contributed by atoms with van der Waals surface area (Å²) < 4.78 is 0. The summed E-state index contributed by atoms with van der Waals surface area (Å²) in [5, 5.41) is 7.98. The summed E-state index contributed by atoms with van der Waals surface area (Å²) in [7, 11) is 0. The van der Waals surface area contributed by atoms with Crippen molar-refractivity contribution in [3.8, 4) is 0 Å². The lowest BCUT2D eigenvalue weighted by atomic mass is 9.94. The predicted molar refractivity (Wildman–Crippen MR) is 149 cm³/mol. The fourth-order valence-corrected chi connectivity index (χ4v) is 5.42. The Balaban J connectivity index is 1.33. The first-order valence-corrected chi connectivity index (χ1v) is 12.6. The van der Waals surface area contributed by atoms with Gasteiger partial charge in [0.15, 0.2) is 0 Å². The van der Waals surface area contributed by atoms with Gasteiger partial charge in [-0.05, 0) is 91.5 Å². The van der Waals surface area contributed by atoms with Crippen LogP contribution in [-0.2, 0) is 12.8 Å². The van der Waals surface area contributed by atoms with E-state index < -0.39 is 0 Å². The maximum Gasteiger partial charge on any atom is -0.00194 e. The Morgan fingerprint density at radius 1 is 0.676 bits per heavy atom. The number of hydrogen-bond acceptors (Lipinski definition) is 0. The second kappa shape index (κ2) is 8.95. The van der Waals surface area contributed by atoms with Crippen LogP contribution in [0.5, 0.6) is 0 Å². The van der Waals surface area contributed by atoms with Gasteiger partial charge in [-0.15, -0.1) is 0 Å². The average molecular weight is 439 g/mol. The van der Waals surface area contributed by atoms with Crippen LogP contribution in [-0.4, -0.2) is 0 Å². The van der Waals surface area contributed by atoms with Gasteiger partial charge in [-0.2, -0.15) is 0 Å². The van der Waals surface area contributed by atoms with Gasteiger partial charge >= 0.3 is 0 Å². The van der Waals surface area contributed by atoms with Crippen LogP contribution in [0.25, 0.3) is 44.5 Å². The van der Waals surface area contributed by atoms with Crippen LogP contribution < -0.4 is 0 Å². The normalized spacial score (nSPS) is 13.3. The quantitative estimate of drug-likeness (QED) is 0.141. The summed E-state index contributed by atoms with van der Waals surface area (Å²) in [5.41, 5.74) is 6.96. The van der Waals surface area contributed by atoms with Gasteiger partial charge in [-0.25, -0.2) is 0 Å². The van der Waals surface area contributed by atoms with Gasteiger partial charge in [0.2, 0.25) is 0 Å². The second-order valence-electron chi connectivity index (χ2n) is 9.65. The highest BCUT2D eigenvalue weighted by Gasteiger charge is 2.15. The second-order valence-corrected chi connectivity index (χ2v) is 9.65. The number of fused-ring (bicyclic) bond motifs is 6. The number of rotatable bonds is 6. The zero-order valence-electron chi connectivity index (χ0n) is 19.9. The van der Waals surface area contributed by atoms with Gasteiger partial charge in [-0.3, -0.25) is 0 Å². The number of allylic oxidation sites excluding steroid dienone is 2. The molecule has 5 aromatic rings. The molecule has 1 aliphatic carbocycles. The van der Waals surface area contributed by atoms with Crippen molar-refractivity contribution >= 4 is 44.5 Å². The number of hydrogen-bond donors (Lipinski definition) is 0. The standard InChI is InChI=1S/C34H30/c1-2-3-4-8-24-9-7-10-25(19-24)13-14-26-20-29-15-17-32-31(33(29)21-26)18-16-30-22-27-11-5-6-12-28(27)23-34(30)32/h5-7,9-19,21-23H,2-4,8,20H2,1H3/b14-13+. The molecule has 0 heteroatoms. The fourth-order valence-electron chi connectivity index (χ4n) is 5.42. The van der Waals surface area contributed by atoms with Crippen molar-refractivity contribution in [2.75, 3.05) is 0 Å². The van der Waals surface area contributed by atoms with Crippen molar-refractivity contribution in [3.63, 3.8) is 0 Å². The van der Waals surface area contributed by atoms with Crippen LogP contribution in [0.2, 0.25) is 0 Å². The fraction of sp³-hybridized carbons (Fsp3) is 0.176. The first-order chi connectivity index (χ1) is 16.8. The lowest BCUT2D eigenvalue weighted by molar-refractivity contribution is 0.717. The van der Waals surface area contributed by atoms with E-state index in [-0.39, 0.29) is 0 Å². The molecule has 0 spiro atoms. The Bertz CT molecular complexity index is 1580. The van der Waals surface area contributed by atoms with Crippen molar-refractivity contribution in [1.29, 1.82) is 0 Å². The zero-order chi connectivity index (χ0) is 22.9. The Kier molecular flexibility index (Phi) is 5.51. The molecule has 0 N–H and O–H groups in total.